The first kappa shape index (κ1) is 15.4. The summed E-state index contributed by atoms with van der Waals surface area (Å²) < 4.78 is 0. The quantitative estimate of drug-likeness (QED) is 0.821. The highest BCUT2D eigenvalue weighted by Crippen LogP contribution is 2.26. The van der Waals surface area contributed by atoms with Crippen molar-refractivity contribution in [2.45, 2.75) is 48.8 Å². The molecule has 1 atom stereocenters. The van der Waals surface area contributed by atoms with Crippen LogP contribution in [0.5, 0.6) is 0 Å². The average molecular weight is 293 g/mol. The Kier molecular flexibility index (Phi) is 5.92. The molecule has 20 heavy (non-hydrogen) atoms. The van der Waals surface area contributed by atoms with Crippen molar-refractivity contribution < 1.29 is 9.90 Å². The summed E-state index contributed by atoms with van der Waals surface area (Å²) in [6, 6.07) is 10.3. The van der Waals surface area contributed by atoms with Gasteiger partial charge in [-0.05, 0) is 50.7 Å². The number of benzene rings is 1. The van der Waals surface area contributed by atoms with E-state index in [9.17, 15) is 4.79 Å². The fourth-order valence-electron chi connectivity index (χ4n) is 2.56. The van der Waals surface area contributed by atoms with Crippen molar-refractivity contribution in [3.63, 3.8) is 0 Å². The summed E-state index contributed by atoms with van der Waals surface area (Å²) >= 11 is 1.59. The van der Waals surface area contributed by atoms with Crippen LogP contribution in [0.3, 0.4) is 0 Å². The smallest absolute Gasteiger partial charge is 0.233 e. The molecule has 2 N–H and O–H groups in total. The lowest BCUT2D eigenvalue weighted by molar-refractivity contribution is -0.121. The Morgan fingerprint density at radius 1 is 1.30 bits per heavy atom. The molecule has 110 valence electrons. The van der Waals surface area contributed by atoms with Crippen LogP contribution in [0.1, 0.15) is 32.6 Å². The first-order valence-corrected chi connectivity index (χ1v) is 8.20. The number of rotatable bonds is 5. The molecular weight excluding hydrogens is 270 g/mol. The summed E-state index contributed by atoms with van der Waals surface area (Å²) in [4.78, 5) is 13.3. The second kappa shape index (κ2) is 7.70. The van der Waals surface area contributed by atoms with Gasteiger partial charge in [0, 0.05) is 17.5 Å². The van der Waals surface area contributed by atoms with Crippen molar-refractivity contribution in [1.82, 2.24) is 5.32 Å². The largest absolute Gasteiger partial charge is 0.396 e. The summed E-state index contributed by atoms with van der Waals surface area (Å²) in [5.74, 6) is 0.547. The number of aliphatic hydroxyl groups is 1. The Morgan fingerprint density at radius 2 is 1.95 bits per heavy atom. The van der Waals surface area contributed by atoms with Gasteiger partial charge in [-0.15, -0.1) is 11.8 Å². The first-order valence-electron chi connectivity index (χ1n) is 7.32. The Morgan fingerprint density at radius 3 is 2.55 bits per heavy atom. The number of nitrogens with one attached hydrogen (secondary N) is 1. The minimum atomic E-state index is -0.0760. The van der Waals surface area contributed by atoms with Gasteiger partial charge in [0.05, 0.1) is 5.25 Å². The molecule has 0 aromatic heterocycles. The third-order valence-corrected chi connectivity index (χ3v) is 4.99. The molecule has 0 spiro atoms. The van der Waals surface area contributed by atoms with E-state index in [0.717, 1.165) is 30.6 Å². The number of aliphatic hydroxyl groups excluding tert-OH is 1. The summed E-state index contributed by atoms with van der Waals surface area (Å²) in [6.45, 7) is 2.23. The van der Waals surface area contributed by atoms with E-state index in [0.29, 0.717) is 5.92 Å². The van der Waals surface area contributed by atoms with Crippen LogP contribution in [0.25, 0.3) is 0 Å². The van der Waals surface area contributed by atoms with Crippen LogP contribution in [0.15, 0.2) is 35.2 Å². The highest BCUT2D eigenvalue weighted by molar-refractivity contribution is 8.00. The molecule has 0 heterocycles. The molecule has 0 radical (unpaired) electrons. The molecule has 1 aliphatic carbocycles. The Hall–Kier alpha value is -1.00. The molecule has 3 nitrogen and oxygen atoms in total. The van der Waals surface area contributed by atoms with Crippen LogP contribution < -0.4 is 5.32 Å². The van der Waals surface area contributed by atoms with E-state index in [4.69, 9.17) is 5.11 Å². The molecule has 1 aromatic carbocycles. The highest BCUT2D eigenvalue weighted by atomic mass is 32.2. The number of thioether (sulfide) groups is 1. The first-order chi connectivity index (χ1) is 9.69. The van der Waals surface area contributed by atoms with Gasteiger partial charge in [0.15, 0.2) is 0 Å². The minimum Gasteiger partial charge on any atom is -0.396 e. The lowest BCUT2D eigenvalue weighted by atomic mass is 9.86. The van der Waals surface area contributed by atoms with Gasteiger partial charge in [-0.3, -0.25) is 4.79 Å². The molecule has 0 aliphatic heterocycles. The SMILES string of the molecule is CC(Sc1ccccc1)C(=O)NC1CCC(CO)CC1. The topological polar surface area (TPSA) is 49.3 Å². The third kappa shape index (κ3) is 4.53. The molecule has 1 unspecified atom stereocenters. The molecular formula is C16H23NO2S. The van der Waals surface area contributed by atoms with Gasteiger partial charge in [0.25, 0.3) is 0 Å². The van der Waals surface area contributed by atoms with E-state index in [1.807, 2.05) is 37.3 Å². The van der Waals surface area contributed by atoms with E-state index in [2.05, 4.69) is 5.32 Å². The van der Waals surface area contributed by atoms with Crippen LogP contribution in [0.2, 0.25) is 0 Å². The summed E-state index contributed by atoms with van der Waals surface area (Å²) in [7, 11) is 0. The fourth-order valence-corrected chi connectivity index (χ4v) is 3.46. The lowest BCUT2D eigenvalue weighted by Gasteiger charge is -2.28. The summed E-state index contributed by atoms with van der Waals surface area (Å²) in [6.07, 6.45) is 4.00. The van der Waals surface area contributed by atoms with Crippen LogP contribution in [0.4, 0.5) is 0 Å². The predicted molar refractivity (Wildman–Crippen MR) is 82.7 cm³/mol. The molecule has 0 bridgehead atoms. The number of carbonyl (C=O) groups is 1. The number of hydrogen-bond acceptors (Lipinski definition) is 3. The Labute approximate surface area is 125 Å². The van der Waals surface area contributed by atoms with Gasteiger partial charge in [-0.2, -0.15) is 0 Å². The molecule has 1 amide bonds. The zero-order valence-electron chi connectivity index (χ0n) is 11.9. The molecule has 1 saturated carbocycles. The zero-order chi connectivity index (χ0) is 14.4. The average Bonchev–Trinajstić information content (AvgIpc) is 2.49. The van der Waals surface area contributed by atoms with E-state index in [1.54, 1.807) is 11.8 Å². The van der Waals surface area contributed by atoms with Gasteiger partial charge in [0.1, 0.15) is 0 Å². The second-order valence-corrected chi connectivity index (χ2v) is 6.90. The lowest BCUT2D eigenvalue weighted by Crippen LogP contribution is -2.41. The van der Waals surface area contributed by atoms with Crippen LogP contribution in [-0.2, 0) is 4.79 Å². The molecule has 1 fully saturated rings. The maximum atomic E-state index is 12.2. The number of hydrogen-bond donors (Lipinski definition) is 2. The van der Waals surface area contributed by atoms with Crippen molar-refractivity contribution in [2.75, 3.05) is 6.61 Å². The van der Waals surface area contributed by atoms with Gasteiger partial charge in [0.2, 0.25) is 5.91 Å². The fraction of sp³-hybridized carbons (Fsp3) is 0.562. The monoisotopic (exact) mass is 293 g/mol. The normalized spacial score (nSPS) is 24.1. The van der Waals surface area contributed by atoms with E-state index < -0.39 is 0 Å². The van der Waals surface area contributed by atoms with Crippen molar-refractivity contribution in [1.29, 1.82) is 0 Å². The van der Waals surface area contributed by atoms with Gasteiger partial charge in [-0.25, -0.2) is 0 Å². The number of carbonyl (C=O) groups excluding carboxylic acids is 1. The van der Waals surface area contributed by atoms with Gasteiger partial charge >= 0.3 is 0 Å². The van der Waals surface area contributed by atoms with Crippen LogP contribution in [0, 0.1) is 5.92 Å². The predicted octanol–water partition coefficient (Wildman–Crippen LogP) is 2.83. The maximum absolute atomic E-state index is 12.2. The summed E-state index contributed by atoms with van der Waals surface area (Å²) in [5.41, 5.74) is 0. The standard InChI is InChI=1S/C16H23NO2S/c1-12(20-15-5-3-2-4-6-15)16(19)17-14-9-7-13(11-18)8-10-14/h2-6,12-14,18H,7-11H2,1H3,(H,17,19). The van der Waals surface area contributed by atoms with E-state index in [1.165, 1.54) is 0 Å². The second-order valence-electron chi connectivity index (χ2n) is 5.48. The molecule has 1 aromatic rings. The highest BCUT2D eigenvalue weighted by Gasteiger charge is 2.23. The third-order valence-electron chi connectivity index (χ3n) is 3.88. The maximum Gasteiger partial charge on any atom is 0.233 e. The Bertz CT molecular complexity index is 416. The Balaban J connectivity index is 1.77. The molecule has 0 saturated heterocycles. The van der Waals surface area contributed by atoms with Crippen molar-refractivity contribution in [3.8, 4) is 0 Å². The zero-order valence-corrected chi connectivity index (χ0v) is 12.7. The van der Waals surface area contributed by atoms with E-state index >= 15 is 0 Å². The van der Waals surface area contributed by atoms with E-state index in [-0.39, 0.29) is 23.8 Å². The molecule has 1 aliphatic rings. The van der Waals surface area contributed by atoms with Crippen LogP contribution in [-0.4, -0.2) is 28.9 Å². The number of amides is 1. The van der Waals surface area contributed by atoms with Crippen molar-refractivity contribution >= 4 is 17.7 Å². The summed E-state index contributed by atoms with van der Waals surface area (Å²) in [5, 5.41) is 12.2. The van der Waals surface area contributed by atoms with Crippen LogP contribution >= 0.6 is 11.8 Å². The van der Waals surface area contributed by atoms with Gasteiger partial charge < -0.3 is 10.4 Å². The minimum absolute atomic E-state index is 0.0760. The van der Waals surface area contributed by atoms with Crippen molar-refractivity contribution in [3.05, 3.63) is 30.3 Å². The van der Waals surface area contributed by atoms with Crippen molar-refractivity contribution in [2.24, 2.45) is 5.92 Å². The molecule has 2 rings (SSSR count). The molecule has 4 heteroatoms. The van der Waals surface area contributed by atoms with Gasteiger partial charge in [-0.1, -0.05) is 18.2 Å².